The number of nitrogens with zero attached hydrogens (tertiary/aromatic N) is 2. The summed E-state index contributed by atoms with van der Waals surface area (Å²) in [6.45, 7) is 1.86. The van der Waals surface area contributed by atoms with Gasteiger partial charge in [0.05, 0.1) is 18.4 Å². The number of amides is 1. The zero-order valence-electron chi connectivity index (χ0n) is 11.5. The average molecular weight is 288 g/mol. The van der Waals surface area contributed by atoms with Gasteiger partial charge in [-0.15, -0.1) is 0 Å². The number of hydrogen-bond donors (Lipinski definition) is 3. The lowest BCUT2D eigenvalue weighted by atomic mass is 10.1. The van der Waals surface area contributed by atoms with Crippen molar-refractivity contribution in [3.63, 3.8) is 0 Å². The molecule has 21 heavy (non-hydrogen) atoms. The summed E-state index contributed by atoms with van der Waals surface area (Å²) in [5, 5.41) is 11.7. The Morgan fingerprint density at radius 3 is 2.90 bits per heavy atom. The molecule has 0 fully saturated rings. The van der Waals surface area contributed by atoms with E-state index in [2.05, 4.69) is 20.3 Å². The van der Waals surface area contributed by atoms with Crippen molar-refractivity contribution in [1.82, 2.24) is 20.3 Å². The van der Waals surface area contributed by atoms with Crippen LogP contribution in [-0.4, -0.2) is 38.0 Å². The minimum absolute atomic E-state index is 0.0550. The largest absolute Gasteiger partial charge is 0.480 e. The number of carboxylic acid groups (broad SMARTS) is 1. The predicted octanol–water partition coefficient (Wildman–Crippen LogP) is 0.468. The molecule has 2 rings (SSSR count). The molecule has 1 atom stereocenters. The molecule has 0 saturated heterocycles. The first-order valence-electron chi connectivity index (χ1n) is 6.46. The van der Waals surface area contributed by atoms with Gasteiger partial charge >= 0.3 is 5.97 Å². The van der Waals surface area contributed by atoms with Crippen molar-refractivity contribution in [2.75, 3.05) is 0 Å². The molecule has 7 heteroatoms. The topological polar surface area (TPSA) is 108 Å². The second-order valence-corrected chi connectivity index (χ2v) is 4.68. The fraction of sp³-hybridized carbons (Fsp3) is 0.286. The molecule has 110 valence electrons. The molecule has 0 aliphatic heterocycles. The van der Waals surface area contributed by atoms with Crippen LogP contribution >= 0.6 is 0 Å². The minimum Gasteiger partial charge on any atom is -0.480 e. The average Bonchev–Trinajstić information content (AvgIpc) is 2.93. The van der Waals surface area contributed by atoms with Crippen LogP contribution in [0.3, 0.4) is 0 Å². The number of H-pyrrole nitrogens is 1. The summed E-state index contributed by atoms with van der Waals surface area (Å²) in [6, 6.07) is 2.64. The third-order valence-electron chi connectivity index (χ3n) is 3.06. The molecular weight excluding hydrogens is 272 g/mol. The van der Waals surface area contributed by atoms with E-state index in [1.807, 2.05) is 13.0 Å². The van der Waals surface area contributed by atoms with Crippen LogP contribution in [0, 0.1) is 6.92 Å². The highest BCUT2D eigenvalue weighted by Gasteiger charge is 2.21. The first-order chi connectivity index (χ1) is 10.1. The maximum absolute atomic E-state index is 12.0. The van der Waals surface area contributed by atoms with E-state index in [4.69, 9.17) is 0 Å². The Bertz CT molecular complexity index is 625. The van der Waals surface area contributed by atoms with Gasteiger partial charge in [0, 0.05) is 24.5 Å². The van der Waals surface area contributed by atoms with Gasteiger partial charge in [0.25, 0.3) is 0 Å². The van der Waals surface area contributed by atoms with Crippen molar-refractivity contribution in [1.29, 1.82) is 0 Å². The van der Waals surface area contributed by atoms with Crippen LogP contribution in [0.2, 0.25) is 0 Å². The number of pyridine rings is 1. The Morgan fingerprint density at radius 2 is 2.29 bits per heavy atom. The Hall–Kier alpha value is -2.70. The van der Waals surface area contributed by atoms with Crippen molar-refractivity contribution in [3.05, 3.63) is 47.8 Å². The van der Waals surface area contributed by atoms with Crippen molar-refractivity contribution >= 4 is 11.9 Å². The van der Waals surface area contributed by atoms with E-state index in [0.29, 0.717) is 11.4 Å². The van der Waals surface area contributed by atoms with Gasteiger partial charge in [-0.1, -0.05) is 6.07 Å². The smallest absolute Gasteiger partial charge is 0.326 e. The number of aromatic nitrogens is 3. The summed E-state index contributed by atoms with van der Waals surface area (Å²) in [6.07, 6.45) is 4.81. The molecule has 0 spiro atoms. The lowest BCUT2D eigenvalue weighted by Crippen LogP contribution is -2.43. The summed E-state index contributed by atoms with van der Waals surface area (Å²) >= 11 is 0. The van der Waals surface area contributed by atoms with E-state index in [1.165, 1.54) is 12.5 Å². The number of imidazole rings is 1. The molecule has 2 heterocycles. The van der Waals surface area contributed by atoms with E-state index in [-0.39, 0.29) is 18.7 Å². The van der Waals surface area contributed by atoms with Gasteiger partial charge in [-0.3, -0.25) is 9.78 Å². The van der Waals surface area contributed by atoms with Crippen LogP contribution in [-0.2, 0) is 22.4 Å². The number of carbonyl (C=O) groups excluding carboxylic acids is 1. The third-order valence-corrected chi connectivity index (χ3v) is 3.06. The maximum atomic E-state index is 12.0. The highest BCUT2D eigenvalue weighted by Crippen LogP contribution is 2.05. The second-order valence-electron chi connectivity index (χ2n) is 4.68. The molecular formula is C14H16N4O3. The van der Waals surface area contributed by atoms with Crippen LogP contribution in [0.25, 0.3) is 0 Å². The summed E-state index contributed by atoms with van der Waals surface area (Å²) in [5.74, 6) is -1.46. The van der Waals surface area contributed by atoms with Crippen LogP contribution < -0.4 is 5.32 Å². The SMILES string of the molecule is Cc1cccnc1CC(=O)NC(Cc1cnc[nH]1)C(=O)O. The number of aliphatic carboxylic acids is 1. The molecule has 2 aromatic heterocycles. The van der Waals surface area contributed by atoms with Gasteiger partial charge in [-0.25, -0.2) is 9.78 Å². The number of rotatable bonds is 6. The van der Waals surface area contributed by atoms with E-state index in [1.54, 1.807) is 12.3 Å². The minimum atomic E-state index is -1.09. The van der Waals surface area contributed by atoms with E-state index in [9.17, 15) is 14.7 Å². The number of carboxylic acids is 1. The van der Waals surface area contributed by atoms with E-state index < -0.39 is 12.0 Å². The lowest BCUT2D eigenvalue weighted by molar-refractivity contribution is -0.141. The van der Waals surface area contributed by atoms with Crippen molar-refractivity contribution in [2.24, 2.45) is 0 Å². The predicted molar refractivity (Wildman–Crippen MR) is 74.5 cm³/mol. The van der Waals surface area contributed by atoms with E-state index >= 15 is 0 Å². The highest BCUT2D eigenvalue weighted by molar-refractivity contribution is 5.84. The van der Waals surface area contributed by atoms with Crippen LogP contribution in [0.1, 0.15) is 17.0 Å². The Labute approximate surface area is 121 Å². The Kier molecular flexibility index (Phi) is 4.65. The Balaban J connectivity index is 1.98. The molecule has 0 aliphatic rings. The highest BCUT2D eigenvalue weighted by atomic mass is 16.4. The van der Waals surface area contributed by atoms with Gasteiger partial charge in [0.15, 0.2) is 0 Å². The number of hydrogen-bond acceptors (Lipinski definition) is 4. The van der Waals surface area contributed by atoms with Gasteiger partial charge in [-0.05, 0) is 18.6 Å². The summed E-state index contributed by atoms with van der Waals surface area (Å²) < 4.78 is 0. The third kappa shape index (κ3) is 4.13. The van der Waals surface area contributed by atoms with Gasteiger partial charge in [-0.2, -0.15) is 0 Å². The fourth-order valence-corrected chi connectivity index (χ4v) is 1.92. The Morgan fingerprint density at radius 1 is 1.48 bits per heavy atom. The molecule has 0 radical (unpaired) electrons. The first-order valence-corrected chi connectivity index (χ1v) is 6.46. The summed E-state index contributed by atoms with van der Waals surface area (Å²) in [7, 11) is 0. The molecule has 0 saturated carbocycles. The monoisotopic (exact) mass is 288 g/mol. The standard InChI is InChI=1S/C14H16N4O3/c1-9-3-2-4-16-11(9)6-13(19)18-12(14(20)21)5-10-7-15-8-17-10/h2-4,7-8,12H,5-6H2,1H3,(H,15,17)(H,18,19)(H,20,21). The molecule has 0 aliphatic carbocycles. The zero-order chi connectivity index (χ0) is 15.2. The molecule has 1 amide bonds. The van der Waals surface area contributed by atoms with Gasteiger partial charge in [0.2, 0.25) is 5.91 Å². The van der Waals surface area contributed by atoms with Crippen LogP contribution in [0.5, 0.6) is 0 Å². The van der Waals surface area contributed by atoms with Gasteiger partial charge < -0.3 is 15.4 Å². The quantitative estimate of drug-likeness (QED) is 0.716. The molecule has 2 aromatic rings. The molecule has 0 bridgehead atoms. The number of aryl methyl sites for hydroxylation is 1. The van der Waals surface area contributed by atoms with Crippen LogP contribution in [0.4, 0.5) is 0 Å². The maximum Gasteiger partial charge on any atom is 0.326 e. The van der Waals surface area contributed by atoms with Crippen molar-refractivity contribution in [3.8, 4) is 0 Å². The molecule has 1 unspecified atom stereocenters. The zero-order valence-corrected chi connectivity index (χ0v) is 11.5. The molecule has 0 aromatic carbocycles. The normalized spacial score (nSPS) is 11.9. The second kappa shape index (κ2) is 6.65. The molecule has 7 nitrogen and oxygen atoms in total. The molecule has 3 N–H and O–H groups in total. The lowest BCUT2D eigenvalue weighted by Gasteiger charge is -2.14. The van der Waals surface area contributed by atoms with Crippen molar-refractivity contribution < 1.29 is 14.7 Å². The number of carbonyl (C=O) groups is 2. The fourth-order valence-electron chi connectivity index (χ4n) is 1.92. The number of aromatic amines is 1. The van der Waals surface area contributed by atoms with Crippen LogP contribution in [0.15, 0.2) is 30.9 Å². The number of nitrogens with one attached hydrogen (secondary N) is 2. The summed E-state index contributed by atoms with van der Waals surface area (Å²) in [4.78, 5) is 33.9. The summed E-state index contributed by atoms with van der Waals surface area (Å²) in [5.41, 5.74) is 2.19. The van der Waals surface area contributed by atoms with Crippen molar-refractivity contribution in [2.45, 2.75) is 25.8 Å². The van der Waals surface area contributed by atoms with E-state index in [0.717, 1.165) is 5.56 Å². The van der Waals surface area contributed by atoms with Gasteiger partial charge in [0.1, 0.15) is 6.04 Å². The first kappa shape index (κ1) is 14.7.